The molecule has 13 heavy (non-hydrogen) atoms. The highest BCUT2D eigenvalue weighted by Gasteiger charge is 2.31. The molecule has 0 bridgehead atoms. The van der Waals surface area contributed by atoms with E-state index in [-0.39, 0.29) is 6.10 Å². The fraction of sp³-hybridized carbons (Fsp3) is 1.00. The molecule has 2 nitrogen and oxygen atoms in total. The van der Waals surface area contributed by atoms with E-state index >= 15 is 0 Å². The summed E-state index contributed by atoms with van der Waals surface area (Å²) in [6.07, 6.45) is 5.04. The summed E-state index contributed by atoms with van der Waals surface area (Å²) in [7, 11) is 0. The van der Waals surface area contributed by atoms with E-state index in [2.05, 4.69) is 19.2 Å². The zero-order valence-electron chi connectivity index (χ0n) is 9.14. The van der Waals surface area contributed by atoms with Crippen molar-refractivity contribution in [3.63, 3.8) is 0 Å². The molecule has 1 fully saturated rings. The molecule has 0 radical (unpaired) electrons. The Hall–Kier alpha value is -0.0800. The number of nitrogens with one attached hydrogen (secondary N) is 1. The molecule has 0 heterocycles. The summed E-state index contributed by atoms with van der Waals surface area (Å²) in [4.78, 5) is 0. The maximum Gasteiger partial charge on any atom is 0.0636 e. The first-order chi connectivity index (χ1) is 6.02. The summed E-state index contributed by atoms with van der Waals surface area (Å²) < 4.78 is 0. The van der Waals surface area contributed by atoms with Gasteiger partial charge >= 0.3 is 0 Å². The molecule has 0 aliphatic heterocycles. The molecule has 2 heteroatoms. The molecule has 0 amide bonds. The third-order valence-electron chi connectivity index (χ3n) is 3.17. The van der Waals surface area contributed by atoms with Crippen LogP contribution in [0.4, 0.5) is 0 Å². The lowest BCUT2D eigenvalue weighted by Gasteiger charge is -2.39. The van der Waals surface area contributed by atoms with Gasteiger partial charge in [0.05, 0.1) is 6.10 Å². The molecule has 78 valence electrons. The normalized spacial score (nSPS) is 30.0. The average Bonchev–Trinajstić information content (AvgIpc) is 2.01. The molecule has 1 saturated carbocycles. The number of hydrogen-bond donors (Lipinski definition) is 2. The maximum atomic E-state index is 9.19. The summed E-state index contributed by atoms with van der Waals surface area (Å²) >= 11 is 0. The van der Waals surface area contributed by atoms with Gasteiger partial charge in [0.25, 0.3) is 0 Å². The van der Waals surface area contributed by atoms with Gasteiger partial charge < -0.3 is 10.4 Å². The smallest absolute Gasteiger partial charge is 0.0636 e. The van der Waals surface area contributed by atoms with Crippen LogP contribution in [0.25, 0.3) is 0 Å². The highest BCUT2D eigenvalue weighted by molar-refractivity contribution is 4.87. The summed E-state index contributed by atoms with van der Waals surface area (Å²) in [5.41, 5.74) is 0.410. The minimum absolute atomic E-state index is 0.224. The van der Waals surface area contributed by atoms with Gasteiger partial charge in [-0.2, -0.15) is 0 Å². The molecule has 0 aromatic carbocycles. The lowest BCUT2D eigenvalue weighted by atomic mass is 9.73. The molecule has 2 atom stereocenters. The van der Waals surface area contributed by atoms with E-state index in [9.17, 15) is 5.11 Å². The van der Waals surface area contributed by atoms with Crippen molar-refractivity contribution in [2.24, 2.45) is 5.41 Å². The van der Waals surface area contributed by atoms with E-state index in [0.717, 1.165) is 6.54 Å². The minimum Gasteiger partial charge on any atom is -0.392 e. The van der Waals surface area contributed by atoms with Crippen molar-refractivity contribution in [1.29, 1.82) is 0 Å². The van der Waals surface area contributed by atoms with Crippen LogP contribution in [0.15, 0.2) is 0 Å². The monoisotopic (exact) mass is 185 g/mol. The Labute approximate surface area is 81.7 Å². The largest absolute Gasteiger partial charge is 0.392 e. The van der Waals surface area contributed by atoms with Crippen LogP contribution >= 0.6 is 0 Å². The van der Waals surface area contributed by atoms with E-state index in [1.807, 2.05) is 6.92 Å². The Morgan fingerprint density at radius 2 is 2.15 bits per heavy atom. The maximum absolute atomic E-state index is 9.19. The Morgan fingerprint density at radius 3 is 2.69 bits per heavy atom. The van der Waals surface area contributed by atoms with Gasteiger partial charge in [-0.25, -0.2) is 0 Å². The first kappa shape index (κ1) is 11.0. The van der Waals surface area contributed by atoms with Gasteiger partial charge in [-0.3, -0.25) is 0 Å². The van der Waals surface area contributed by atoms with Crippen LogP contribution in [0.2, 0.25) is 0 Å². The fourth-order valence-corrected chi connectivity index (χ4v) is 2.19. The molecule has 1 rings (SSSR count). The van der Waals surface area contributed by atoms with Gasteiger partial charge in [0, 0.05) is 12.6 Å². The van der Waals surface area contributed by atoms with Crippen LogP contribution in [0.3, 0.4) is 0 Å². The van der Waals surface area contributed by atoms with E-state index in [1.54, 1.807) is 0 Å². The third kappa shape index (κ3) is 3.28. The van der Waals surface area contributed by atoms with Crippen LogP contribution in [-0.4, -0.2) is 23.8 Å². The van der Waals surface area contributed by atoms with Crippen LogP contribution < -0.4 is 5.32 Å². The second-order valence-corrected chi connectivity index (χ2v) is 5.04. The van der Waals surface area contributed by atoms with Crippen LogP contribution in [0, 0.1) is 5.41 Å². The zero-order valence-corrected chi connectivity index (χ0v) is 9.14. The van der Waals surface area contributed by atoms with Crippen LogP contribution in [0.1, 0.15) is 46.5 Å². The quantitative estimate of drug-likeness (QED) is 0.704. The van der Waals surface area contributed by atoms with E-state index in [1.165, 1.54) is 25.7 Å². The highest BCUT2D eigenvalue weighted by atomic mass is 16.3. The fourth-order valence-electron chi connectivity index (χ4n) is 2.19. The van der Waals surface area contributed by atoms with Crippen molar-refractivity contribution in [3.8, 4) is 0 Å². The number of rotatable bonds is 3. The van der Waals surface area contributed by atoms with Crippen molar-refractivity contribution in [2.75, 3.05) is 6.54 Å². The minimum atomic E-state index is -0.224. The molecule has 0 aromatic rings. The van der Waals surface area contributed by atoms with Crippen LogP contribution in [0.5, 0.6) is 0 Å². The predicted octanol–water partition coefficient (Wildman–Crippen LogP) is 1.93. The standard InChI is InChI=1S/C11H23NO/c1-9(13)8-12-10-6-4-5-7-11(10,2)3/h9-10,12-13H,4-8H2,1-3H3/t9-,10?/m0/s1. The average molecular weight is 185 g/mol. The molecule has 1 aliphatic carbocycles. The summed E-state index contributed by atoms with van der Waals surface area (Å²) in [6, 6.07) is 0.593. The number of aliphatic hydroxyl groups excluding tert-OH is 1. The number of aliphatic hydroxyl groups is 1. The first-order valence-electron chi connectivity index (χ1n) is 5.44. The molecule has 1 unspecified atom stereocenters. The van der Waals surface area contributed by atoms with Gasteiger partial charge in [-0.05, 0) is 25.2 Å². The molecule has 1 aliphatic rings. The van der Waals surface area contributed by atoms with Crippen molar-refractivity contribution in [1.82, 2.24) is 5.32 Å². The summed E-state index contributed by atoms with van der Waals surface area (Å²) in [5.74, 6) is 0. The van der Waals surface area contributed by atoms with E-state index in [4.69, 9.17) is 0 Å². The first-order valence-corrected chi connectivity index (χ1v) is 5.44. The lowest BCUT2D eigenvalue weighted by Crippen LogP contribution is -2.46. The lowest BCUT2D eigenvalue weighted by molar-refractivity contribution is 0.134. The van der Waals surface area contributed by atoms with Crippen molar-refractivity contribution < 1.29 is 5.11 Å². The van der Waals surface area contributed by atoms with Crippen molar-refractivity contribution in [3.05, 3.63) is 0 Å². The number of hydrogen-bond acceptors (Lipinski definition) is 2. The molecular weight excluding hydrogens is 162 g/mol. The van der Waals surface area contributed by atoms with Gasteiger partial charge in [-0.1, -0.05) is 26.7 Å². The summed E-state index contributed by atoms with van der Waals surface area (Å²) in [6.45, 7) is 7.22. The van der Waals surface area contributed by atoms with Gasteiger partial charge in [0.15, 0.2) is 0 Å². The second-order valence-electron chi connectivity index (χ2n) is 5.04. The summed E-state index contributed by atoms with van der Waals surface area (Å²) in [5, 5.41) is 12.7. The molecule has 2 N–H and O–H groups in total. The van der Waals surface area contributed by atoms with Gasteiger partial charge in [0.2, 0.25) is 0 Å². The Bertz CT molecular complexity index is 154. The zero-order chi connectivity index (χ0) is 9.90. The van der Waals surface area contributed by atoms with Gasteiger partial charge in [-0.15, -0.1) is 0 Å². The van der Waals surface area contributed by atoms with E-state index < -0.39 is 0 Å². The Kier molecular flexibility index (Phi) is 3.74. The molecule has 0 saturated heterocycles. The predicted molar refractivity (Wildman–Crippen MR) is 55.7 cm³/mol. The SMILES string of the molecule is C[C@H](O)CNC1CCCCC1(C)C. The van der Waals surface area contributed by atoms with Crippen molar-refractivity contribution in [2.45, 2.75) is 58.6 Å². The van der Waals surface area contributed by atoms with Crippen molar-refractivity contribution >= 4 is 0 Å². The van der Waals surface area contributed by atoms with E-state index in [0.29, 0.717) is 11.5 Å². The van der Waals surface area contributed by atoms with Gasteiger partial charge in [0.1, 0.15) is 0 Å². The topological polar surface area (TPSA) is 32.3 Å². The Morgan fingerprint density at radius 1 is 1.46 bits per heavy atom. The molecular formula is C11H23NO. The Balaban J connectivity index is 2.37. The van der Waals surface area contributed by atoms with Crippen LogP contribution in [-0.2, 0) is 0 Å². The molecule has 0 aromatic heterocycles. The second kappa shape index (κ2) is 4.43. The third-order valence-corrected chi connectivity index (χ3v) is 3.17. The highest BCUT2D eigenvalue weighted by Crippen LogP contribution is 2.35. The molecule has 0 spiro atoms.